The Kier molecular flexibility index (Phi) is 2.53. The SMILES string of the molecule is CCOC(=O)C1(CC)OC12CCCC2C. The summed E-state index contributed by atoms with van der Waals surface area (Å²) in [4.78, 5) is 11.9. The van der Waals surface area contributed by atoms with Crippen molar-refractivity contribution < 1.29 is 14.3 Å². The number of esters is 1. The van der Waals surface area contributed by atoms with Crippen molar-refractivity contribution in [2.75, 3.05) is 6.61 Å². The molecule has 86 valence electrons. The molecule has 2 aliphatic rings. The molecule has 1 spiro atoms. The lowest BCUT2D eigenvalue weighted by Gasteiger charge is -2.16. The van der Waals surface area contributed by atoms with Crippen LogP contribution in [0.4, 0.5) is 0 Å². The van der Waals surface area contributed by atoms with Crippen molar-refractivity contribution in [2.45, 2.75) is 57.7 Å². The van der Waals surface area contributed by atoms with E-state index in [1.807, 2.05) is 13.8 Å². The molecule has 0 N–H and O–H groups in total. The fourth-order valence-electron chi connectivity index (χ4n) is 3.17. The van der Waals surface area contributed by atoms with Gasteiger partial charge >= 0.3 is 5.97 Å². The van der Waals surface area contributed by atoms with E-state index in [0.717, 1.165) is 12.8 Å². The number of carbonyl (C=O) groups is 1. The molecule has 2 fully saturated rings. The Morgan fingerprint density at radius 2 is 2.27 bits per heavy atom. The van der Waals surface area contributed by atoms with Crippen LogP contribution in [0.1, 0.15) is 46.5 Å². The highest BCUT2D eigenvalue weighted by atomic mass is 16.7. The van der Waals surface area contributed by atoms with Gasteiger partial charge in [0.2, 0.25) is 0 Å². The highest BCUT2D eigenvalue weighted by molar-refractivity contribution is 5.85. The van der Waals surface area contributed by atoms with Gasteiger partial charge in [-0.2, -0.15) is 0 Å². The van der Waals surface area contributed by atoms with Crippen LogP contribution in [0, 0.1) is 5.92 Å². The molecule has 0 radical (unpaired) electrons. The normalized spacial score (nSPS) is 43.3. The molecule has 0 aromatic carbocycles. The van der Waals surface area contributed by atoms with Crippen molar-refractivity contribution in [1.29, 1.82) is 0 Å². The summed E-state index contributed by atoms with van der Waals surface area (Å²) in [7, 11) is 0. The number of hydrogen-bond acceptors (Lipinski definition) is 3. The summed E-state index contributed by atoms with van der Waals surface area (Å²) in [6.07, 6.45) is 4.08. The van der Waals surface area contributed by atoms with Gasteiger partial charge in [0.25, 0.3) is 0 Å². The van der Waals surface area contributed by atoms with Crippen LogP contribution >= 0.6 is 0 Å². The van der Waals surface area contributed by atoms with Crippen LogP contribution in [0.15, 0.2) is 0 Å². The Hall–Kier alpha value is -0.570. The van der Waals surface area contributed by atoms with Gasteiger partial charge in [0.15, 0.2) is 5.60 Å². The predicted octanol–water partition coefficient (Wildman–Crippen LogP) is 2.29. The van der Waals surface area contributed by atoms with Gasteiger partial charge in [-0.1, -0.05) is 20.3 Å². The van der Waals surface area contributed by atoms with Crippen molar-refractivity contribution >= 4 is 5.97 Å². The summed E-state index contributed by atoms with van der Waals surface area (Å²) in [6.45, 7) is 6.48. The van der Waals surface area contributed by atoms with E-state index < -0.39 is 5.60 Å². The Morgan fingerprint density at radius 3 is 2.73 bits per heavy atom. The van der Waals surface area contributed by atoms with Crippen molar-refractivity contribution in [3.8, 4) is 0 Å². The van der Waals surface area contributed by atoms with E-state index in [2.05, 4.69) is 6.92 Å². The largest absolute Gasteiger partial charge is 0.464 e. The topological polar surface area (TPSA) is 38.8 Å². The fourth-order valence-corrected chi connectivity index (χ4v) is 3.17. The van der Waals surface area contributed by atoms with E-state index in [1.54, 1.807) is 0 Å². The van der Waals surface area contributed by atoms with Crippen LogP contribution in [0.5, 0.6) is 0 Å². The second kappa shape index (κ2) is 3.48. The lowest BCUT2D eigenvalue weighted by Crippen LogP contribution is -2.36. The molecule has 3 unspecified atom stereocenters. The average Bonchev–Trinajstić information content (AvgIpc) is 2.76. The van der Waals surface area contributed by atoms with Crippen molar-refractivity contribution in [3.63, 3.8) is 0 Å². The Bertz CT molecular complexity index is 276. The lowest BCUT2D eigenvalue weighted by atomic mass is 9.83. The molecule has 0 amide bonds. The molecule has 15 heavy (non-hydrogen) atoms. The molecule has 1 aliphatic heterocycles. The van der Waals surface area contributed by atoms with Crippen LogP contribution in [-0.4, -0.2) is 23.8 Å². The van der Waals surface area contributed by atoms with Crippen LogP contribution in [0.3, 0.4) is 0 Å². The van der Waals surface area contributed by atoms with Gasteiger partial charge < -0.3 is 9.47 Å². The van der Waals surface area contributed by atoms with Crippen LogP contribution in [-0.2, 0) is 14.3 Å². The minimum atomic E-state index is -0.612. The Balaban J connectivity index is 2.17. The molecule has 0 aromatic heterocycles. The van der Waals surface area contributed by atoms with E-state index in [9.17, 15) is 4.79 Å². The first-order valence-electron chi connectivity index (χ1n) is 6.00. The monoisotopic (exact) mass is 212 g/mol. The molecule has 3 atom stereocenters. The van der Waals surface area contributed by atoms with Gasteiger partial charge in [-0.3, -0.25) is 0 Å². The molecule has 0 bridgehead atoms. The van der Waals surface area contributed by atoms with Gasteiger partial charge in [0.1, 0.15) is 5.60 Å². The average molecular weight is 212 g/mol. The fraction of sp³-hybridized carbons (Fsp3) is 0.917. The summed E-state index contributed by atoms with van der Waals surface area (Å²) in [5, 5.41) is 0. The quantitative estimate of drug-likeness (QED) is 0.532. The van der Waals surface area contributed by atoms with E-state index in [1.165, 1.54) is 12.8 Å². The zero-order chi connectivity index (χ0) is 11.1. The number of carbonyl (C=O) groups excluding carboxylic acids is 1. The molecule has 2 rings (SSSR count). The minimum Gasteiger partial charge on any atom is -0.464 e. The van der Waals surface area contributed by atoms with Crippen LogP contribution < -0.4 is 0 Å². The summed E-state index contributed by atoms with van der Waals surface area (Å²) in [6, 6.07) is 0. The van der Waals surface area contributed by atoms with Crippen LogP contribution in [0.25, 0.3) is 0 Å². The highest BCUT2D eigenvalue weighted by Crippen LogP contribution is 2.62. The smallest absolute Gasteiger partial charge is 0.341 e. The molecule has 1 heterocycles. The second-order valence-electron chi connectivity index (χ2n) is 4.69. The maximum Gasteiger partial charge on any atom is 0.341 e. The molecule has 3 heteroatoms. The van der Waals surface area contributed by atoms with E-state index in [0.29, 0.717) is 12.5 Å². The number of hydrogen-bond donors (Lipinski definition) is 0. The molecular weight excluding hydrogens is 192 g/mol. The maximum absolute atomic E-state index is 11.9. The zero-order valence-electron chi connectivity index (χ0n) is 9.84. The second-order valence-corrected chi connectivity index (χ2v) is 4.69. The van der Waals surface area contributed by atoms with Crippen molar-refractivity contribution in [1.82, 2.24) is 0 Å². The number of ether oxygens (including phenoxy) is 2. The van der Waals surface area contributed by atoms with Crippen molar-refractivity contribution in [2.24, 2.45) is 5.92 Å². The third kappa shape index (κ3) is 1.25. The standard InChI is InChI=1S/C12H20O3/c1-4-11(10(13)14-5-2)12(15-11)8-6-7-9(12)3/h9H,4-8H2,1-3H3. The summed E-state index contributed by atoms with van der Waals surface area (Å²) in [5.41, 5.74) is -0.799. The molecule has 1 saturated carbocycles. The van der Waals surface area contributed by atoms with E-state index >= 15 is 0 Å². The number of epoxide rings is 1. The predicted molar refractivity (Wildman–Crippen MR) is 56.5 cm³/mol. The molecule has 1 saturated heterocycles. The summed E-state index contributed by atoms with van der Waals surface area (Å²) < 4.78 is 11.0. The highest BCUT2D eigenvalue weighted by Gasteiger charge is 2.77. The van der Waals surface area contributed by atoms with E-state index in [-0.39, 0.29) is 11.6 Å². The number of rotatable bonds is 3. The van der Waals surface area contributed by atoms with Crippen LogP contribution in [0.2, 0.25) is 0 Å². The summed E-state index contributed by atoms with van der Waals surface area (Å²) >= 11 is 0. The Morgan fingerprint density at radius 1 is 1.53 bits per heavy atom. The minimum absolute atomic E-state index is 0.152. The van der Waals surface area contributed by atoms with Gasteiger partial charge in [0.05, 0.1) is 6.61 Å². The third-order valence-electron chi connectivity index (χ3n) is 4.08. The first-order chi connectivity index (χ1) is 7.13. The third-order valence-corrected chi connectivity index (χ3v) is 4.08. The van der Waals surface area contributed by atoms with Crippen molar-refractivity contribution in [3.05, 3.63) is 0 Å². The van der Waals surface area contributed by atoms with E-state index in [4.69, 9.17) is 9.47 Å². The molecular formula is C12H20O3. The van der Waals surface area contributed by atoms with Gasteiger partial charge in [-0.05, 0) is 32.1 Å². The molecule has 1 aliphatic carbocycles. The first-order valence-corrected chi connectivity index (χ1v) is 6.00. The maximum atomic E-state index is 11.9. The zero-order valence-corrected chi connectivity index (χ0v) is 9.84. The lowest BCUT2D eigenvalue weighted by molar-refractivity contribution is -0.149. The Labute approximate surface area is 91.1 Å². The summed E-state index contributed by atoms with van der Waals surface area (Å²) in [5.74, 6) is 0.336. The molecule has 3 nitrogen and oxygen atoms in total. The first kappa shape index (κ1) is 10.9. The van der Waals surface area contributed by atoms with Gasteiger partial charge in [-0.25, -0.2) is 4.79 Å². The van der Waals surface area contributed by atoms with Gasteiger partial charge in [0, 0.05) is 0 Å². The van der Waals surface area contributed by atoms with Gasteiger partial charge in [-0.15, -0.1) is 0 Å². The molecule has 0 aromatic rings.